The van der Waals surface area contributed by atoms with Crippen molar-refractivity contribution < 1.29 is 0 Å². The smallest absolute Gasteiger partial charge is 0.0850 e. The second kappa shape index (κ2) is 5.10. The van der Waals surface area contributed by atoms with Gasteiger partial charge in [0.05, 0.1) is 16.4 Å². The van der Waals surface area contributed by atoms with Crippen LogP contribution in [0.5, 0.6) is 0 Å². The number of nitrogens with zero attached hydrogens (tertiary/aromatic N) is 2. The molecular weight excluding hydrogens is 258 g/mol. The molecule has 0 bridgehead atoms. The van der Waals surface area contributed by atoms with Crippen molar-refractivity contribution in [3.05, 3.63) is 16.4 Å². The summed E-state index contributed by atoms with van der Waals surface area (Å²) < 4.78 is 2.04. The third kappa shape index (κ3) is 2.43. The predicted molar refractivity (Wildman–Crippen MR) is 78.3 cm³/mol. The third-order valence-corrected chi connectivity index (χ3v) is 5.45. The lowest BCUT2D eigenvalue weighted by molar-refractivity contribution is 0.385. The molecule has 2 aliphatic carbocycles. The van der Waals surface area contributed by atoms with Gasteiger partial charge >= 0.3 is 0 Å². The lowest BCUT2D eigenvalue weighted by Crippen LogP contribution is -2.32. The van der Waals surface area contributed by atoms with E-state index < -0.39 is 0 Å². The first-order valence-corrected chi connectivity index (χ1v) is 8.01. The summed E-state index contributed by atoms with van der Waals surface area (Å²) in [6.45, 7) is 5.09. The van der Waals surface area contributed by atoms with E-state index >= 15 is 0 Å². The van der Waals surface area contributed by atoms with Crippen molar-refractivity contribution in [2.75, 3.05) is 0 Å². The molecule has 0 saturated heterocycles. The Morgan fingerprint density at radius 2 is 2.00 bits per heavy atom. The minimum atomic E-state index is 0.247. The number of rotatable bonds is 5. The van der Waals surface area contributed by atoms with Crippen molar-refractivity contribution in [3.8, 4) is 0 Å². The summed E-state index contributed by atoms with van der Waals surface area (Å²) in [4.78, 5) is 0. The third-order valence-electron chi connectivity index (χ3n) is 5.01. The zero-order valence-electron chi connectivity index (χ0n) is 11.9. The van der Waals surface area contributed by atoms with Crippen LogP contribution in [-0.4, -0.2) is 15.8 Å². The highest BCUT2D eigenvalue weighted by molar-refractivity contribution is 6.31. The molecule has 3 unspecified atom stereocenters. The van der Waals surface area contributed by atoms with Gasteiger partial charge in [-0.3, -0.25) is 4.68 Å². The summed E-state index contributed by atoms with van der Waals surface area (Å²) >= 11 is 6.46. The van der Waals surface area contributed by atoms with Crippen LogP contribution in [0.25, 0.3) is 0 Å². The quantitative estimate of drug-likeness (QED) is 0.901. The molecule has 0 spiro atoms. The molecular formula is C15H24ClN3. The largest absolute Gasteiger partial charge is 0.327 e. The fraction of sp³-hybridized carbons (Fsp3) is 0.800. The van der Waals surface area contributed by atoms with Crippen molar-refractivity contribution in [2.45, 2.75) is 58.5 Å². The lowest BCUT2D eigenvalue weighted by atomic mass is 9.92. The molecule has 4 heteroatoms. The van der Waals surface area contributed by atoms with Gasteiger partial charge in [0.15, 0.2) is 0 Å². The fourth-order valence-electron chi connectivity index (χ4n) is 3.71. The topological polar surface area (TPSA) is 43.8 Å². The van der Waals surface area contributed by atoms with Crippen molar-refractivity contribution in [1.29, 1.82) is 0 Å². The van der Waals surface area contributed by atoms with E-state index in [0.29, 0.717) is 5.92 Å². The molecule has 0 aliphatic heterocycles. The molecule has 1 aromatic rings. The van der Waals surface area contributed by atoms with E-state index in [2.05, 4.69) is 18.9 Å². The molecule has 2 N–H and O–H groups in total. The van der Waals surface area contributed by atoms with Gasteiger partial charge < -0.3 is 5.73 Å². The van der Waals surface area contributed by atoms with Crippen LogP contribution in [0.15, 0.2) is 0 Å². The number of hydrogen-bond donors (Lipinski definition) is 1. The van der Waals surface area contributed by atoms with Crippen LogP contribution >= 0.6 is 11.6 Å². The molecule has 2 fully saturated rings. The summed E-state index contributed by atoms with van der Waals surface area (Å²) in [5.74, 6) is 2.69. The van der Waals surface area contributed by atoms with Gasteiger partial charge in [0.25, 0.3) is 0 Å². The Balaban J connectivity index is 1.72. The number of hydrogen-bond acceptors (Lipinski definition) is 2. The highest BCUT2D eigenvalue weighted by Gasteiger charge is 2.47. The Labute approximate surface area is 120 Å². The molecule has 2 saturated carbocycles. The minimum absolute atomic E-state index is 0.247. The molecule has 1 heterocycles. The first kappa shape index (κ1) is 13.4. The first-order chi connectivity index (χ1) is 9.13. The zero-order chi connectivity index (χ0) is 13.6. The molecule has 1 aromatic heterocycles. The summed E-state index contributed by atoms with van der Waals surface area (Å²) in [7, 11) is 0. The summed E-state index contributed by atoms with van der Waals surface area (Å²) in [5.41, 5.74) is 8.60. The number of nitrogens with two attached hydrogens (primary N) is 1. The molecule has 3 atom stereocenters. The second-order valence-electron chi connectivity index (χ2n) is 6.23. The van der Waals surface area contributed by atoms with Crippen molar-refractivity contribution in [1.82, 2.24) is 9.78 Å². The highest BCUT2D eigenvalue weighted by atomic mass is 35.5. The van der Waals surface area contributed by atoms with E-state index in [1.807, 2.05) is 4.68 Å². The Morgan fingerprint density at radius 3 is 2.58 bits per heavy atom. The van der Waals surface area contributed by atoms with Crippen molar-refractivity contribution in [3.63, 3.8) is 0 Å². The maximum Gasteiger partial charge on any atom is 0.0850 e. The van der Waals surface area contributed by atoms with Crippen molar-refractivity contribution in [2.24, 2.45) is 23.5 Å². The van der Waals surface area contributed by atoms with Gasteiger partial charge in [-0.15, -0.1) is 0 Å². The van der Waals surface area contributed by atoms with Crippen LogP contribution in [0.4, 0.5) is 0 Å². The van der Waals surface area contributed by atoms with E-state index in [1.54, 1.807) is 0 Å². The van der Waals surface area contributed by atoms with Gasteiger partial charge in [0.2, 0.25) is 0 Å². The average Bonchev–Trinajstić information content (AvgIpc) is 2.90. The number of aryl methyl sites for hydroxylation is 2. The van der Waals surface area contributed by atoms with E-state index in [0.717, 1.165) is 47.6 Å². The Bertz CT molecular complexity index is 458. The number of fused-ring (bicyclic) bond motifs is 1. The highest BCUT2D eigenvalue weighted by Crippen LogP contribution is 2.55. The van der Waals surface area contributed by atoms with Gasteiger partial charge in [-0.1, -0.05) is 18.5 Å². The van der Waals surface area contributed by atoms with Crippen LogP contribution in [0.1, 0.15) is 44.5 Å². The fourth-order valence-corrected chi connectivity index (χ4v) is 4.06. The van der Waals surface area contributed by atoms with E-state index in [9.17, 15) is 0 Å². The maximum absolute atomic E-state index is 6.46. The average molecular weight is 282 g/mol. The number of halogens is 1. The van der Waals surface area contributed by atoms with E-state index in [4.69, 9.17) is 17.3 Å². The van der Waals surface area contributed by atoms with Gasteiger partial charge in [-0.2, -0.15) is 5.10 Å². The SMILES string of the molecule is CCc1nn(CC)c(CC(N)C2CC3CC3C2)c1Cl. The first-order valence-electron chi connectivity index (χ1n) is 7.63. The Kier molecular flexibility index (Phi) is 3.61. The van der Waals surface area contributed by atoms with Crippen molar-refractivity contribution >= 4 is 11.6 Å². The van der Waals surface area contributed by atoms with E-state index in [-0.39, 0.29) is 6.04 Å². The van der Waals surface area contributed by atoms with Gasteiger partial charge in [0.1, 0.15) is 0 Å². The number of aromatic nitrogens is 2. The van der Waals surface area contributed by atoms with Crippen LogP contribution in [0.2, 0.25) is 5.02 Å². The molecule has 106 valence electrons. The van der Waals surface area contributed by atoms with Gasteiger partial charge in [-0.05, 0) is 50.4 Å². The predicted octanol–water partition coefficient (Wildman–Crippen LogP) is 3.03. The van der Waals surface area contributed by atoms with E-state index in [1.165, 1.54) is 19.3 Å². The van der Waals surface area contributed by atoms with Crippen LogP contribution in [0.3, 0.4) is 0 Å². The van der Waals surface area contributed by atoms with Crippen LogP contribution in [0, 0.1) is 17.8 Å². The molecule has 0 radical (unpaired) electrons. The summed E-state index contributed by atoms with van der Waals surface area (Å²) in [5, 5.41) is 5.43. The normalized spacial score (nSPS) is 30.4. The molecule has 3 nitrogen and oxygen atoms in total. The summed E-state index contributed by atoms with van der Waals surface area (Å²) in [6, 6.07) is 0.247. The molecule has 19 heavy (non-hydrogen) atoms. The zero-order valence-corrected chi connectivity index (χ0v) is 12.7. The molecule has 0 aromatic carbocycles. The second-order valence-corrected chi connectivity index (χ2v) is 6.61. The van der Waals surface area contributed by atoms with Crippen LogP contribution < -0.4 is 5.73 Å². The Hall–Kier alpha value is -0.540. The minimum Gasteiger partial charge on any atom is -0.327 e. The summed E-state index contributed by atoms with van der Waals surface area (Å²) in [6.07, 6.45) is 5.90. The van der Waals surface area contributed by atoms with Crippen LogP contribution in [-0.2, 0) is 19.4 Å². The Morgan fingerprint density at radius 1 is 1.32 bits per heavy atom. The lowest BCUT2D eigenvalue weighted by Gasteiger charge is -2.21. The monoisotopic (exact) mass is 281 g/mol. The maximum atomic E-state index is 6.46. The molecule has 3 rings (SSSR count). The standard InChI is InChI=1S/C15H24ClN3/c1-3-13-15(16)14(19(4-2)18-13)8-12(17)11-6-9-5-10(9)7-11/h9-12H,3-8,17H2,1-2H3. The molecule has 0 amide bonds. The molecule has 2 aliphatic rings. The van der Waals surface area contributed by atoms with Gasteiger partial charge in [-0.25, -0.2) is 0 Å². The van der Waals surface area contributed by atoms with Gasteiger partial charge in [0, 0.05) is 19.0 Å².